The average molecular weight is 613 g/mol. The van der Waals surface area contributed by atoms with Crippen molar-refractivity contribution < 1.29 is 14.4 Å². The maximum Gasteiger partial charge on any atom is 0.319 e. The Bertz CT molecular complexity index is 1520. The summed E-state index contributed by atoms with van der Waals surface area (Å²) in [5.74, 6) is 0.140. The first kappa shape index (κ1) is 31.8. The van der Waals surface area contributed by atoms with Crippen molar-refractivity contribution in [1.82, 2.24) is 25.3 Å². The SMILES string of the molecule is C/C=C/C(=O)Nc1ccc(N2CCC(C(=O)Nc3n[nH]c4c3CN(C(=O)N[C@H](CN(C)C)c3ccccc3)C4(C)C)CC2)cc1. The van der Waals surface area contributed by atoms with Crippen molar-refractivity contribution in [3.8, 4) is 0 Å². The minimum absolute atomic E-state index is 0.0539. The number of nitrogens with zero attached hydrogens (tertiary/aromatic N) is 4. The van der Waals surface area contributed by atoms with Crippen LogP contribution in [0.15, 0.2) is 66.7 Å². The number of likely N-dealkylation sites (N-methyl/N-ethyl adjacent to an activating group) is 1. The molecule has 0 unspecified atom stereocenters. The van der Waals surface area contributed by atoms with Crippen molar-refractivity contribution in [2.24, 2.45) is 5.92 Å². The van der Waals surface area contributed by atoms with Gasteiger partial charge < -0.3 is 30.7 Å². The Morgan fingerprint density at radius 3 is 2.38 bits per heavy atom. The van der Waals surface area contributed by atoms with E-state index in [1.165, 1.54) is 6.08 Å². The summed E-state index contributed by atoms with van der Waals surface area (Å²) in [6.07, 6.45) is 4.62. The van der Waals surface area contributed by atoms with Crippen LogP contribution in [0.1, 0.15) is 56.5 Å². The number of rotatable bonds is 9. The van der Waals surface area contributed by atoms with E-state index >= 15 is 0 Å². The van der Waals surface area contributed by atoms with Crippen LogP contribution in [0, 0.1) is 5.92 Å². The summed E-state index contributed by atoms with van der Waals surface area (Å²) in [5, 5.41) is 16.7. The molecule has 5 rings (SSSR count). The number of aromatic amines is 1. The van der Waals surface area contributed by atoms with Gasteiger partial charge in [0.25, 0.3) is 0 Å². The summed E-state index contributed by atoms with van der Waals surface area (Å²) >= 11 is 0. The van der Waals surface area contributed by atoms with Crippen LogP contribution in [-0.2, 0) is 21.7 Å². The number of aromatic nitrogens is 2. The molecule has 0 radical (unpaired) electrons. The molecule has 1 aromatic heterocycles. The Labute approximate surface area is 265 Å². The molecular weight excluding hydrogens is 568 g/mol. The van der Waals surface area contributed by atoms with Crippen molar-refractivity contribution in [3.05, 3.63) is 83.6 Å². The molecule has 3 heterocycles. The molecule has 0 saturated carbocycles. The number of carbonyl (C=O) groups is 3. The topological polar surface area (TPSA) is 126 Å². The number of fused-ring (bicyclic) bond motifs is 1. The van der Waals surface area contributed by atoms with Crippen molar-refractivity contribution in [1.29, 1.82) is 0 Å². The zero-order valence-electron chi connectivity index (χ0n) is 26.8. The van der Waals surface area contributed by atoms with Gasteiger partial charge in [0, 0.05) is 42.5 Å². The molecule has 2 aliphatic rings. The highest BCUT2D eigenvalue weighted by atomic mass is 16.2. The normalized spacial score (nSPS) is 16.9. The first-order valence-corrected chi connectivity index (χ1v) is 15.5. The summed E-state index contributed by atoms with van der Waals surface area (Å²) in [4.78, 5) is 44.9. The highest BCUT2D eigenvalue weighted by Crippen LogP contribution is 2.41. The molecule has 3 aromatic rings. The number of hydrogen-bond acceptors (Lipinski definition) is 6. The van der Waals surface area contributed by atoms with Crippen LogP contribution in [0.3, 0.4) is 0 Å². The molecule has 11 nitrogen and oxygen atoms in total. The van der Waals surface area contributed by atoms with E-state index in [4.69, 9.17) is 0 Å². The number of H-pyrrole nitrogens is 1. The molecule has 4 amide bonds. The van der Waals surface area contributed by atoms with Gasteiger partial charge in [-0.3, -0.25) is 14.7 Å². The van der Waals surface area contributed by atoms with E-state index in [9.17, 15) is 14.4 Å². The molecule has 0 spiro atoms. The molecule has 1 atom stereocenters. The van der Waals surface area contributed by atoms with Gasteiger partial charge in [0.05, 0.1) is 23.8 Å². The first-order valence-electron chi connectivity index (χ1n) is 15.5. The molecule has 1 saturated heterocycles. The van der Waals surface area contributed by atoms with Crippen LogP contribution in [0.4, 0.5) is 22.0 Å². The van der Waals surface area contributed by atoms with Crippen molar-refractivity contribution in [3.63, 3.8) is 0 Å². The Kier molecular flexibility index (Phi) is 9.57. The van der Waals surface area contributed by atoms with Crippen LogP contribution in [0.5, 0.6) is 0 Å². The lowest BCUT2D eigenvalue weighted by atomic mass is 9.95. The maximum absolute atomic E-state index is 13.7. The van der Waals surface area contributed by atoms with Gasteiger partial charge in [-0.25, -0.2) is 4.79 Å². The highest BCUT2D eigenvalue weighted by molar-refractivity contribution is 5.99. The summed E-state index contributed by atoms with van der Waals surface area (Å²) < 4.78 is 0. The van der Waals surface area contributed by atoms with Crippen molar-refractivity contribution >= 4 is 35.0 Å². The summed E-state index contributed by atoms with van der Waals surface area (Å²) in [6.45, 7) is 8.28. The van der Waals surface area contributed by atoms with Gasteiger partial charge in [0.15, 0.2) is 5.82 Å². The molecule has 2 aliphatic heterocycles. The fourth-order valence-electron chi connectivity index (χ4n) is 6.17. The maximum atomic E-state index is 13.7. The zero-order valence-corrected chi connectivity index (χ0v) is 26.8. The Hall–Kier alpha value is -4.64. The fraction of sp³-hybridized carbons (Fsp3) is 0.412. The lowest BCUT2D eigenvalue weighted by Crippen LogP contribution is -2.48. The van der Waals surface area contributed by atoms with Gasteiger partial charge >= 0.3 is 6.03 Å². The molecule has 45 heavy (non-hydrogen) atoms. The first-order chi connectivity index (χ1) is 21.6. The van der Waals surface area contributed by atoms with E-state index in [0.717, 1.165) is 41.3 Å². The lowest BCUT2D eigenvalue weighted by Gasteiger charge is -2.34. The van der Waals surface area contributed by atoms with Gasteiger partial charge in [-0.15, -0.1) is 0 Å². The molecule has 4 N–H and O–H groups in total. The largest absolute Gasteiger partial charge is 0.371 e. The van der Waals surface area contributed by atoms with Crippen LogP contribution in [0.2, 0.25) is 0 Å². The predicted molar refractivity (Wildman–Crippen MR) is 177 cm³/mol. The molecule has 1 fully saturated rings. The molecule has 0 aliphatic carbocycles. The number of hydrogen-bond donors (Lipinski definition) is 4. The fourth-order valence-corrected chi connectivity index (χ4v) is 6.17. The molecule has 238 valence electrons. The molecular formula is C34H44N8O3. The van der Waals surface area contributed by atoms with Crippen molar-refractivity contribution in [2.75, 3.05) is 49.3 Å². The van der Waals surface area contributed by atoms with E-state index in [0.29, 0.717) is 31.7 Å². The second kappa shape index (κ2) is 13.6. The van der Waals surface area contributed by atoms with E-state index in [2.05, 4.69) is 35.9 Å². The Morgan fingerprint density at radius 2 is 1.73 bits per heavy atom. The van der Waals surface area contributed by atoms with Gasteiger partial charge in [-0.05, 0) is 83.6 Å². The van der Waals surface area contributed by atoms with E-state index in [-0.39, 0.29) is 29.8 Å². The smallest absolute Gasteiger partial charge is 0.319 e. The second-order valence-corrected chi connectivity index (χ2v) is 12.5. The molecule has 2 aromatic carbocycles. The minimum atomic E-state index is -0.634. The number of amides is 4. The lowest BCUT2D eigenvalue weighted by molar-refractivity contribution is -0.120. The Morgan fingerprint density at radius 1 is 1.04 bits per heavy atom. The van der Waals surface area contributed by atoms with Gasteiger partial charge in [0.1, 0.15) is 0 Å². The quantitative estimate of drug-likeness (QED) is 0.256. The monoisotopic (exact) mass is 612 g/mol. The van der Waals surface area contributed by atoms with Crippen LogP contribution in [-0.4, -0.2) is 71.6 Å². The predicted octanol–water partition coefficient (Wildman–Crippen LogP) is 4.84. The number of nitrogens with one attached hydrogen (secondary N) is 4. The van der Waals surface area contributed by atoms with Crippen LogP contribution < -0.4 is 20.9 Å². The standard InChI is InChI=1S/C34H44N8O3/c1-6-10-29(43)35-25-13-15-26(16-14-25)41-19-17-24(18-20-41)32(44)37-31-27-21-42(34(2,3)30(27)38-39-31)33(45)36-28(22-40(4)5)23-11-8-7-9-12-23/h6-16,24,28H,17-22H2,1-5H3,(H,35,43)(H,36,45)(H2,37,38,39,44)/b10-6+/t28-/m1/s1. The molecule has 0 bridgehead atoms. The summed E-state index contributed by atoms with van der Waals surface area (Å²) in [7, 11) is 3.98. The number of allylic oxidation sites excluding steroid dienone is 1. The third-order valence-electron chi connectivity index (χ3n) is 8.69. The number of anilines is 3. The van der Waals surface area contributed by atoms with Gasteiger partial charge in [-0.1, -0.05) is 36.4 Å². The van der Waals surface area contributed by atoms with E-state index in [1.54, 1.807) is 17.9 Å². The highest BCUT2D eigenvalue weighted by Gasteiger charge is 2.44. The van der Waals surface area contributed by atoms with Crippen LogP contribution in [0.25, 0.3) is 0 Å². The number of carbonyl (C=O) groups excluding carboxylic acids is 3. The second-order valence-electron chi connectivity index (χ2n) is 12.5. The van der Waals surface area contributed by atoms with Gasteiger partial charge in [0.2, 0.25) is 11.8 Å². The molecule has 11 heteroatoms. The summed E-state index contributed by atoms with van der Waals surface area (Å²) in [5.41, 5.74) is 3.88. The number of urea groups is 1. The van der Waals surface area contributed by atoms with Crippen LogP contribution >= 0.6 is 0 Å². The van der Waals surface area contributed by atoms with E-state index in [1.807, 2.05) is 82.5 Å². The summed E-state index contributed by atoms with van der Waals surface area (Å²) in [6, 6.07) is 17.4. The third-order valence-corrected chi connectivity index (χ3v) is 8.69. The zero-order chi connectivity index (χ0) is 32.1. The van der Waals surface area contributed by atoms with Gasteiger partial charge in [-0.2, -0.15) is 5.10 Å². The number of piperidine rings is 1. The number of benzene rings is 2. The van der Waals surface area contributed by atoms with E-state index < -0.39 is 5.54 Å². The Balaban J connectivity index is 1.18. The van der Waals surface area contributed by atoms with Crippen molar-refractivity contribution in [2.45, 2.75) is 51.7 Å². The third kappa shape index (κ3) is 7.20. The average Bonchev–Trinajstić information content (AvgIpc) is 3.54. The minimum Gasteiger partial charge on any atom is -0.371 e.